The maximum atomic E-state index is 3.53. The van der Waals surface area contributed by atoms with E-state index in [1.165, 1.54) is 10.0 Å². The first-order valence-corrected chi connectivity index (χ1v) is 5.10. The summed E-state index contributed by atoms with van der Waals surface area (Å²) in [5, 5.41) is 3.12. The average Bonchev–Trinajstić information content (AvgIpc) is 2.09. The first-order valence-electron chi connectivity index (χ1n) is 4.30. The van der Waals surface area contributed by atoms with E-state index in [1.54, 1.807) is 0 Å². The molecule has 0 saturated heterocycles. The van der Waals surface area contributed by atoms with Gasteiger partial charge >= 0.3 is 0 Å². The molecule has 0 unspecified atom stereocenters. The van der Waals surface area contributed by atoms with Gasteiger partial charge in [-0.05, 0) is 25.7 Å². The quantitative estimate of drug-likeness (QED) is 0.814. The van der Waals surface area contributed by atoms with Crippen molar-refractivity contribution in [1.82, 2.24) is 10.2 Å². The highest BCUT2D eigenvalue weighted by Gasteiger charge is 2.01. The zero-order chi connectivity index (χ0) is 9.68. The van der Waals surface area contributed by atoms with Crippen LogP contribution in [0.3, 0.4) is 0 Å². The van der Waals surface area contributed by atoms with Crippen molar-refractivity contribution in [2.45, 2.75) is 6.54 Å². The lowest BCUT2D eigenvalue weighted by Gasteiger charge is -2.16. The molecule has 0 radical (unpaired) electrons. The molecule has 3 heteroatoms. The van der Waals surface area contributed by atoms with Gasteiger partial charge in [-0.15, -0.1) is 0 Å². The zero-order valence-electron chi connectivity index (χ0n) is 8.05. The van der Waals surface area contributed by atoms with Gasteiger partial charge in [0.05, 0.1) is 0 Å². The minimum atomic E-state index is 0.904. The summed E-state index contributed by atoms with van der Waals surface area (Å²) in [6, 6.07) is 8.30. The molecule has 0 aliphatic carbocycles. The molecule has 0 heterocycles. The molecule has 13 heavy (non-hydrogen) atoms. The van der Waals surface area contributed by atoms with Gasteiger partial charge in [0.25, 0.3) is 0 Å². The fourth-order valence-electron chi connectivity index (χ4n) is 1.24. The van der Waals surface area contributed by atoms with Gasteiger partial charge in [-0.25, -0.2) is 0 Å². The Balaban J connectivity index is 2.58. The largest absolute Gasteiger partial charge is 0.307 e. The summed E-state index contributed by atoms with van der Waals surface area (Å²) in [7, 11) is 4.05. The summed E-state index contributed by atoms with van der Waals surface area (Å²) in [4.78, 5) is 2.22. The summed E-state index contributed by atoms with van der Waals surface area (Å²) in [5.41, 5.74) is 1.32. The topological polar surface area (TPSA) is 15.3 Å². The van der Waals surface area contributed by atoms with Crippen LogP contribution < -0.4 is 5.32 Å². The summed E-state index contributed by atoms with van der Waals surface area (Å²) < 4.78 is 1.18. The van der Waals surface area contributed by atoms with E-state index in [-0.39, 0.29) is 0 Å². The highest BCUT2D eigenvalue weighted by atomic mass is 79.9. The highest BCUT2D eigenvalue weighted by molar-refractivity contribution is 9.10. The zero-order valence-corrected chi connectivity index (χ0v) is 9.63. The predicted molar refractivity (Wildman–Crippen MR) is 59.5 cm³/mol. The second kappa shape index (κ2) is 5.37. The van der Waals surface area contributed by atoms with Crippen LogP contribution >= 0.6 is 15.9 Å². The van der Waals surface area contributed by atoms with Gasteiger partial charge in [0.2, 0.25) is 0 Å². The maximum Gasteiger partial charge on any atom is 0.0478 e. The third kappa shape index (κ3) is 3.46. The van der Waals surface area contributed by atoms with Crippen LogP contribution in [0.5, 0.6) is 0 Å². The SMILES string of the molecule is CNCN(C)Cc1ccccc1Br. The Labute approximate surface area is 88.1 Å². The molecular formula is C10H15BrN2. The molecule has 0 aliphatic heterocycles. The third-order valence-electron chi connectivity index (χ3n) is 1.83. The van der Waals surface area contributed by atoms with Crippen molar-refractivity contribution in [2.75, 3.05) is 20.8 Å². The van der Waals surface area contributed by atoms with Gasteiger partial charge in [-0.3, -0.25) is 4.90 Å². The van der Waals surface area contributed by atoms with Crippen LogP contribution in [0.1, 0.15) is 5.56 Å². The van der Waals surface area contributed by atoms with E-state index in [4.69, 9.17) is 0 Å². The Morgan fingerprint density at radius 3 is 2.69 bits per heavy atom. The van der Waals surface area contributed by atoms with E-state index in [1.807, 2.05) is 13.1 Å². The Kier molecular flexibility index (Phi) is 4.42. The molecule has 1 aromatic rings. The molecular weight excluding hydrogens is 228 g/mol. The highest BCUT2D eigenvalue weighted by Crippen LogP contribution is 2.16. The molecule has 1 rings (SSSR count). The second-order valence-corrected chi connectivity index (χ2v) is 3.97. The van der Waals surface area contributed by atoms with E-state index >= 15 is 0 Å². The predicted octanol–water partition coefficient (Wildman–Crippen LogP) is 2.06. The fourth-order valence-corrected chi connectivity index (χ4v) is 1.65. The normalized spacial score (nSPS) is 10.8. The Bertz CT molecular complexity index is 263. The molecule has 0 aromatic heterocycles. The van der Waals surface area contributed by atoms with E-state index in [0.29, 0.717) is 0 Å². The standard InChI is InChI=1S/C10H15BrN2/c1-12-8-13(2)7-9-5-3-4-6-10(9)11/h3-6,12H,7-8H2,1-2H3. The van der Waals surface area contributed by atoms with Crippen molar-refractivity contribution < 1.29 is 0 Å². The molecule has 1 N–H and O–H groups in total. The van der Waals surface area contributed by atoms with Gasteiger partial charge < -0.3 is 5.32 Å². The monoisotopic (exact) mass is 242 g/mol. The number of benzene rings is 1. The fraction of sp³-hybridized carbons (Fsp3) is 0.400. The van der Waals surface area contributed by atoms with Crippen molar-refractivity contribution in [2.24, 2.45) is 0 Å². The Morgan fingerprint density at radius 1 is 1.38 bits per heavy atom. The summed E-state index contributed by atoms with van der Waals surface area (Å²) in [6.07, 6.45) is 0. The lowest BCUT2D eigenvalue weighted by molar-refractivity contribution is 0.309. The minimum Gasteiger partial charge on any atom is -0.307 e. The first kappa shape index (κ1) is 10.7. The first-order chi connectivity index (χ1) is 6.24. The molecule has 0 amide bonds. The van der Waals surface area contributed by atoms with Crippen molar-refractivity contribution in [3.05, 3.63) is 34.3 Å². The van der Waals surface area contributed by atoms with Gasteiger partial charge in [0.15, 0.2) is 0 Å². The molecule has 72 valence electrons. The number of nitrogens with zero attached hydrogens (tertiary/aromatic N) is 1. The molecule has 0 saturated carbocycles. The van der Waals surface area contributed by atoms with Crippen molar-refractivity contribution in [3.63, 3.8) is 0 Å². The number of halogens is 1. The van der Waals surface area contributed by atoms with Crippen LogP contribution in [0.4, 0.5) is 0 Å². The summed E-state index contributed by atoms with van der Waals surface area (Å²) in [5.74, 6) is 0. The van der Waals surface area contributed by atoms with Crippen LogP contribution in [-0.4, -0.2) is 25.7 Å². The molecule has 1 aromatic carbocycles. The van der Waals surface area contributed by atoms with Gasteiger partial charge in [-0.1, -0.05) is 34.1 Å². The number of nitrogens with one attached hydrogen (secondary N) is 1. The van der Waals surface area contributed by atoms with E-state index in [2.05, 4.69) is 51.4 Å². The van der Waals surface area contributed by atoms with E-state index < -0.39 is 0 Å². The molecule has 0 aliphatic rings. The molecule has 0 atom stereocenters. The van der Waals surface area contributed by atoms with Crippen LogP contribution in [-0.2, 0) is 6.54 Å². The van der Waals surface area contributed by atoms with E-state index in [0.717, 1.165) is 13.2 Å². The van der Waals surface area contributed by atoms with Crippen LogP contribution in [0.2, 0.25) is 0 Å². The lowest BCUT2D eigenvalue weighted by atomic mass is 10.2. The number of hydrogen-bond acceptors (Lipinski definition) is 2. The van der Waals surface area contributed by atoms with Crippen molar-refractivity contribution in [1.29, 1.82) is 0 Å². The van der Waals surface area contributed by atoms with Crippen LogP contribution in [0.25, 0.3) is 0 Å². The van der Waals surface area contributed by atoms with Crippen molar-refractivity contribution >= 4 is 15.9 Å². The second-order valence-electron chi connectivity index (χ2n) is 3.12. The molecule has 0 bridgehead atoms. The molecule has 0 spiro atoms. The van der Waals surface area contributed by atoms with Gasteiger partial charge in [0.1, 0.15) is 0 Å². The summed E-state index contributed by atoms with van der Waals surface area (Å²) in [6.45, 7) is 1.86. The minimum absolute atomic E-state index is 0.904. The average molecular weight is 243 g/mol. The van der Waals surface area contributed by atoms with Gasteiger partial charge in [-0.2, -0.15) is 0 Å². The summed E-state index contributed by atoms with van der Waals surface area (Å²) >= 11 is 3.53. The third-order valence-corrected chi connectivity index (χ3v) is 2.60. The van der Waals surface area contributed by atoms with Crippen molar-refractivity contribution in [3.8, 4) is 0 Å². The number of rotatable bonds is 4. The van der Waals surface area contributed by atoms with E-state index in [9.17, 15) is 0 Å². The Morgan fingerprint density at radius 2 is 2.08 bits per heavy atom. The Hall–Kier alpha value is -0.380. The van der Waals surface area contributed by atoms with Crippen LogP contribution in [0, 0.1) is 0 Å². The smallest absolute Gasteiger partial charge is 0.0478 e. The lowest BCUT2D eigenvalue weighted by Crippen LogP contribution is -2.28. The molecule has 2 nitrogen and oxygen atoms in total. The molecule has 0 fully saturated rings. The van der Waals surface area contributed by atoms with Crippen LogP contribution in [0.15, 0.2) is 28.7 Å². The van der Waals surface area contributed by atoms with Gasteiger partial charge in [0, 0.05) is 17.7 Å². The number of hydrogen-bond donors (Lipinski definition) is 1. The maximum absolute atomic E-state index is 3.53.